The number of benzene rings is 2. The molecule has 30 heavy (non-hydrogen) atoms. The van der Waals surface area contributed by atoms with Crippen LogP contribution in [0.5, 0.6) is 5.75 Å². The fourth-order valence-electron chi connectivity index (χ4n) is 3.36. The van der Waals surface area contributed by atoms with E-state index in [1.54, 1.807) is 6.92 Å². The Hall–Kier alpha value is -3.28. The Morgan fingerprint density at radius 2 is 1.77 bits per heavy atom. The second kappa shape index (κ2) is 10.5. The van der Waals surface area contributed by atoms with Crippen LogP contribution in [-0.2, 0) is 16.0 Å². The summed E-state index contributed by atoms with van der Waals surface area (Å²) in [4.78, 5) is 25.1. The molecule has 3 rings (SSSR count). The van der Waals surface area contributed by atoms with E-state index in [0.29, 0.717) is 30.0 Å². The summed E-state index contributed by atoms with van der Waals surface area (Å²) >= 11 is 0. The third kappa shape index (κ3) is 5.41. The summed E-state index contributed by atoms with van der Waals surface area (Å²) in [6.45, 7) is 4.64. The molecule has 0 bridgehead atoms. The zero-order valence-electron chi connectivity index (χ0n) is 17.4. The van der Waals surface area contributed by atoms with Crippen LogP contribution in [0.2, 0.25) is 0 Å². The van der Waals surface area contributed by atoms with E-state index in [4.69, 9.17) is 9.47 Å². The van der Waals surface area contributed by atoms with Crippen LogP contribution >= 0.6 is 0 Å². The molecule has 1 unspecified atom stereocenters. The van der Waals surface area contributed by atoms with Crippen molar-refractivity contribution in [3.05, 3.63) is 77.0 Å². The maximum absolute atomic E-state index is 12.9. The Bertz CT molecular complexity index is 908. The van der Waals surface area contributed by atoms with Gasteiger partial charge in [0.15, 0.2) is 0 Å². The van der Waals surface area contributed by atoms with Crippen LogP contribution in [0.25, 0.3) is 0 Å². The molecule has 1 aliphatic rings. The van der Waals surface area contributed by atoms with Gasteiger partial charge in [0.25, 0.3) is 0 Å². The number of allylic oxidation sites excluding steroid dienone is 1. The van der Waals surface area contributed by atoms with Crippen LogP contribution in [0.3, 0.4) is 0 Å². The standard InChI is InChI=1S/C24H28N2O4/c1-3-4-15-29-20-13-9-8-12-19(20)22-21(17(2)25-24(28)26-22)23(27)30-16-14-18-10-6-5-7-11-18/h5-13,22H,3-4,14-16H2,1-2H3,(H2,25,26,28). The molecule has 2 aromatic rings. The van der Waals surface area contributed by atoms with Crippen LogP contribution in [0.1, 0.15) is 43.9 Å². The molecular formula is C24H28N2O4. The summed E-state index contributed by atoms with van der Waals surface area (Å²) in [5, 5.41) is 5.52. The first-order valence-corrected chi connectivity index (χ1v) is 10.3. The summed E-state index contributed by atoms with van der Waals surface area (Å²) < 4.78 is 11.5. The van der Waals surface area contributed by atoms with Crippen LogP contribution in [-0.4, -0.2) is 25.2 Å². The van der Waals surface area contributed by atoms with E-state index in [9.17, 15) is 9.59 Å². The predicted octanol–water partition coefficient (Wildman–Crippen LogP) is 4.28. The predicted molar refractivity (Wildman–Crippen MR) is 115 cm³/mol. The lowest BCUT2D eigenvalue weighted by Gasteiger charge is -2.29. The maximum Gasteiger partial charge on any atom is 0.338 e. The van der Waals surface area contributed by atoms with Gasteiger partial charge in [-0.2, -0.15) is 0 Å². The molecule has 0 saturated carbocycles. The zero-order valence-corrected chi connectivity index (χ0v) is 17.4. The second-order valence-electron chi connectivity index (χ2n) is 7.18. The second-order valence-corrected chi connectivity index (χ2v) is 7.18. The fourth-order valence-corrected chi connectivity index (χ4v) is 3.36. The van der Waals surface area contributed by atoms with E-state index >= 15 is 0 Å². The van der Waals surface area contributed by atoms with Gasteiger partial charge in [-0.3, -0.25) is 0 Å². The van der Waals surface area contributed by atoms with Gasteiger partial charge in [-0.1, -0.05) is 61.9 Å². The van der Waals surface area contributed by atoms with E-state index in [1.807, 2.05) is 54.6 Å². The van der Waals surface area contributed by atoms with Crippen LogP contribution in [0.15, 0.2) is 65.9 Å². The molecule has 0 fully saturated rings. The highest BCUT2D eigenvalue weighted by atomic mass is 16.5. The first-order valence-electron chi connectivity index (χ1n) is 10.3. The molecule has 6 nitrogen and oxygen atoms in total. The summed E-state index contributed by atoms with van der Waals surface area (Å²) in [7, 11) is 0. The number of carbonyl (C=O) groups is 2. The third-order valence-corrected chi connectivity index (χ3v) is 4.94. The van der Waals surface area contributed by atoms with Crippen molar-refractivity contribution in [1.82, 2.24) is 10.6 Å². The number of hydrogen-bond donors (Lipinski definition) is 2. The third-order valence-electron chi connectivity index (χ3n) is 4.94. The smallest absolute Gasteiger partial charge is 0.338 e. The zero-order chi connectivity index (χ0) is 21.3. The molecule has 0 spiro atoms. The minimum absolute atomic E-state index is 0.259. The quantitative estimate of drug-likeness (QED) is 0.480. The Balaban J connectivity index is 1.78. The number of carbonyl (C=O) groups excluding carboxylic acids is 2. The van der Waals surface area contributed by atoms with Gasteiger partial charge in [0.05, 0.1) is 24.8 Å². The molecule has 2 N–H and O–H groups in total. The summed E-state index contributed by atoms with van der Waals surface area (Å²) in [5.74, 6) is 0.199. The van der Waals surface area contributed by atoms with Crippen molar-refractivity contribution in [3.8, 4) is 5.75 Å². The van der Waals surface area contributed by atoms with Crippen molar-refractivity contribution in [2.24, 2.45) is 0 Å². The van der Waals surface area contributed by atoms with Gasteiger partial charge in [-0.05, 0) is 25.0 Å². The molecule has 0 saturated heterocycles. The first-order chi connectivity index (χ1) is 14.6. The Morgan fingerprint density at radius 3 is 2.53 bits per heavy atom. The van der Waals surface area contributed by atoms with Crippen LogP contribution < -0.4 is 15.4 Å². The fraction of sp³-hybridized carbons (Fsp3) is 0.333. The normalized spacial score (nSPS) is 15.9. The highest BCUT2D eigenvalue weighted by molar-refractivity contribution is 5.95. The number of urea groups is 1. The van der Waals surface area contributed by atoms with E-state index < -0.39 is 12.0 Å². The van der Waals surface area contributed by atoms with E-state index in [2.05, 4.69) is 17.6 Å². The number of rotatable bonds is 9. The van der Waals surface area contributed by atoms with Crippen molar-refractivity contribution in [2.45, 2.75) is 39.2 Å². The average molecular weight is 408 g/mol. The number of ether oxygens (including phenoxy) is 2. The Labute approximate surface area is 177 Å². The van der Waals surface area contributed by atoms with Crippen molar-refractivity contribution >= 4 is 12.0 Å². The number of unbranched alkanes of at least 4 members (excludes halogenated alkanes) is 1. The number of amides is 2. The molecule has 2 amide bonds. The molecule has 158 valence electrons. The Morgan fingerprint density at radius 1 is 1.03 bits per heavy atom. The molecular weight excluding hydrogens is 380 g/mol. The molecule has 0 aromatic heterocycles. The van der Waals surface area contributed by atoms with Gasteiger partial charge in [-0.15, -0.1) is 0 Å². The first kappa shape index (κ1) is 21.4. The molecule has 1 heterocycles. The molecule has 0 aliphatic carbocycles. The van der Waals surface area contributed by atoms with Gasteiger partial charge < -0.3 is 20.1 Å². The van der Waals surface area contributed by atoms with Gasteiger partial charge in [0, 0.05) is 17.7 Å². The summed E-state index contributed by atoms with van der Waals surface area (Å²) in [6.07, 6.45) is 2.57. The number of hydrogen-bond acceptors (Lipinski definition) is 4. The SMILES string of the molecule is CCCCOc1ccccc1C1NC(=O)NC(C)=C1C(=O)OCCc1ccccc1. The molecule has 1 aliphatic heterocycles. The number of para-hydroxylation sites is 1. The van der Waals surface area contributed by atoms with Crippen LogP contribution in [0, 0.1) is 0 Å². The van der Waals surface area contributed by atoms with Gasteiger partial charge >= 0.3 is 12.0 Å². The molecule has 6 heteroatoms. The van der Waals surface area contributed by atoms with Gasteiger partial charge in [0.2, 0.25) is 0 Å². The van der Waals surface area contributed by atoms with E-state index in [1.165, 1.54) is 0 Å². The Kier molecular flexibility index (Phi) is 7.49. The minimum atomic E-state index is -0.638. The topological polar surface area (TPSA) is 76.7 Å². The maximum atomic E-state index is 12.9. The lowest BCUT2D eigenvalue weighted by molar-refractivity contribution is -0.139. The minimum Gasteiger partial charge on any atom is -0.493 e. The highest BCUT2D eigenvalue weighted by Crippen LogP contribution is 2.33. The highest BCUT2D eigenvalue weighted by Gasteiger charge is 2.33. The number of nitrogens with one attached hydrogen (secondary N) is 2. The van der Waals surface area contributed by atoms with Crippen molar-refractivity contribution in [3.63, 3.8) is 0 Å². The van der Waals surface area contributed by atoms with Crippen molar-refractivity contribution in [2.75, 3.05) is 13.2 Å². The molecule has 0 radical (unpaired) electrons. The van der Waals surface area contributed by atoms with Gasteiger partial charge in [-0.25, -0.2) is 9.59 Å². The lowest BCUT2D eigenvalue weighted by atomic mass is 9.95. The molecule has 2 aromatic carbocycles. The largest absolute Gasteiger partial charge is 0.493 e. The van der Waals surface area contributed by atoms with Crippen molar-refractivity contribution in [1.29, 1.82) is 0 Å². The average Bonchev–Trinajstić information content (AvgIpc) is 2.74. The summed E-state index contributed by atoms with van der Waals surface area (Å²) in [6, 6.07) is 16.3. The van der Waals surface area contributed by atoms with Crippen molar-refractivity contribution < 1.29 is 19.1 Å². The van der Waals surface area contributed by atoms with Crippen LogP contribution in [0.4, 0.5) is 4.79 Å². The summed E-state index contributed by atoms with van der Waals surface area (Å²) in [5.41, 5.74) is 2.70. The monoisotopic (exact) mass is 408 g/mol. The van der Waals surface area contributed by atoms with E-state index in [-0.39, 0.29) is 12.6 Å². The lowest BCUT2D eigenvalue weighted by Crippen LogP contribution is -2.45. The van der Waals surface area contributed by atoms with Gasteiger partial charge in [0.1, 0.15) is 5.75 Å². The molecule has 1 atom stereocenters. The van der Waals surface area contributed by atoms with E-state index in [0.717, 1.165) is 24.0 Å². The number of esters is 1.